The molecular weight excluding hydrogens is 494 g/mol. The van der Waals surface area contributed by atoms with E-state index in [-0.39, 0.29) is 17.4 Å². The topological polar surface area (TPSA) is 92.6 Å². The maximum atomic E-state index is 13.2. The van der Waals surface area contributed by atoms with Crippen molar-refractivity contribution in [3.63, 3.8) is 0 Å². The van der Waals surface area contributed by atoms with Crippen molar-refractivity contribution >= 4 is 49.8 Å². The van der Waals surface area contributed by atoms with Crippen LogP contribution >= 0.6 is 27.3 Å². The lowest BCUT2D eigenvalue weighted by Crippen LogP contribution is -2.29. The fraction of sp³-hybridized carbons (Fsp3) is 0.217. The average Bonchev–Trinajstić information content (AvgIpc) is 3.43. The first kappa shape index (κ1) is 20.8. The Balaban J connectivity index is 1.68. The summed E-state index contributed by atoms with van der Waals surface area (Å²) < 4.78 is 6.60. The van der Waals surface area contributed by atoms with Crippen molar-refractivity contribution in [1.82, 2.24) is 10.2 Å². The summed E-state index contributed by atoms with van der Waals surface area (Å²) in [7, 11) is 0. The molecule has 9 heteroatoms. The van der Waals surface area contributed by atoms with Crippen LogP contribution in [0.1, 0.15) is 34.7 Å². The van der Waals surface area contributed by atoms with Gasteiger partial charge in [0.2, 0.25) is 5.13 Å². The Kier molecular flexibility index (Phi) is 5.10. The minimum atomic E-state index is -0.820. The largest absolute Gasteiger partial charge is 0.507 e. The average molecular weight is 512 g/mol. The zero-order chi connectivity index (χ0) is 22.6. The molecule has 1 amide bonds. The van der Waals surface area contributed by atoms with Crippen molar-refractivity contribution in [2.45, 2.75) is 32.4 Å². The Labute approximate surface area is 196 Å². The number of halogens is 1. The van der Waals surface area contributed by atoms with Crippen molar-refractivity contribution in [1.29, 1.82) is 0 Å². The second kappa shape index (κ2) is 7.83. The Morgan fingerprint density at radius 1 is 1.19 bits per heavy atom. The first-order valence-corrected chi connectivity index (χ1v) is 11.6. The van der Waals surface area contributed by atoms with Gasteiger partial charge < -0.3 is 9.84 Å². The summed E-state index contributed by atoms with van der Waals surface area (Å²) in [6, 6.07) is 11.8. The summed E-state index contributed by atoms with van der Waals surface area (Å²) in [4.78, 5) is 27.6. The molecule has 3 heterocycles. The quantitative estimate of drug-likeness (QED) is 0.314. The van der Waals surface area contributed by atoms with E-state index >= 15 is 0 Å². The third-order valence-electron chi connectivity index (χ3n) is 5.52. The minimum absolute atomic E-state index is 0.0251. The number of amides is 1. The number of carbonyl (C=O) groups excluding carboxylic acids is 2. The van der Waals surface area contributed by atoms with Crippen LogP contribution in [0, 0.1) is 6.92 Å². The van der Waals surface area contributed by atoms with Crippen LogP contribution in [-0.2, 0) is 16.0 Å². The molecule has 32 heavy (non-hydrogen) atoms. The molecular formula is C23H18BrN3O4S. The second-order valence-electron chi connectivity index (χ2n) is 7.78. The van der Waals surface area contributed by atoms with Crippen LogP contribution < -0.4 is 9.64 Å². The second-order valence-corrected chi connectivity index (χ2v) is 9.86. The number of aromatic nitrogens is 2. The molecule has 1 fully saturated rings. The molecule has 1 saturated heterocycles. The molecule has 7 nitrogen and oxygen atoms in total. The summed E-state index contributed by atoms with van der Waals surface area (Å²) in [5, 5.41) is 20.3. The SMILES string of the molecule is Cc1nnc(N2C(=O)C(=O)/C(=C(/O)c3ccc4c(c3)C[C@@H](C)O4)[C@H]2c2ccc(Br)cc2)s1. The number of aliphatic hydroxyl groups excluding tert-OH is 1. The van der Waals surface area contributed by atoms with Crippen molar-refractivity contribution in [3.8, 4) is 5.75 Å². The number of benzene rings is 2. The van der Waals surface area contributed by atoms with E-state index in [0.717, 1.165) is 15.8 Å². The summed E-state index contributed by atoms with van der Waals surface area (Å²) in [5.41, 5.74) is 2.13. The number of Topliss-reactive ketones (excluding diaryl/α,β-unsaturated/α-hetero) is 1. The monoisotopic (exact) mass is 511 g/mol. The molecule has 2 atom stereocenters. The molecule has 0 unspecified atom stereocenters. The van der Waals surface area contributed by atoms with Crippen molar-refractivity contribution in [2.24, 2.45) is 0 Å². The van der Waals surface area contributed by atoms with Crippen LogP contribution in [0.2, 0.25) is 0 Å². The molecule has 0 bridgehead atoms. The molecule has 0 radical (unpaired) electrons. The molecule has 2 aliphatic rings. The highest BCUT2D eigenvalue weighted by molar-refractivity contribution is 9.10. The number of aliphatic hydroxyl groups is 1. The number of nitrogens with zero attached hydrogens (tertiary/aromatic N) is 3. The van der Waals surface area contributed by atoms with Crippen LogP contribution in [0.5, 0.6) is 5.75 Å². The Morgan fingerprint density at radius 3 is 2.62 bits per heavy atom. The number of carbonyl (C=O) groups is 2. The first-order chi connectivity index (χ1) is 15.3. The molecule has 5 rings (SSSR count). The molecule has 1 aromatic heterocycles. The van der Waals surface area contributed by atoms with E-state index in [0.29, 0.717) is 27.7 Å². The normalized spacial score (nSPS) is 21.7. The predicted molar refractivity (Wildman–Crippen MR) is 124 cm³/mol. The lowest BCUT2D eigenvalue weighted by atomic mass is 9.94. The van der Waals surface area contributed by atoms with Gasteiger partial charge in [-0.1, -0.05) is 39.4 Å². The highest BCUT2D eigenvalue weighted by Crippen LogP contribution is 2.43. The highest BCUT2D eigenvalue weighted by Gasteiger charge is 2.48. The van der Waals surface area contributed by atoms with E-state index in [1.54, 1.807) is 19.1 Å². The molecule has 2 aromatic carbocycles. The third kappa shape index (κ3) is 3.41. The molecule has 0 aliphatic carbocycles. The van der Waals surface area contributed by atoms with Gasteiger partial charge >= 0.3 is 5.91 Å². The van der Waals surface area contributed by atoms with Gasteiger partial charge in [0.05, 0.1) is 11.6 Å². The van der Waals surface area contributed by atoms with Crippen molar-refractivity contribution in [2.75, 3.05) is 4.90 Å². The molecule has 162 valence electrons. The van der Waals surface area contributed by atoms with E-state index < -0.39 is 17.7 Å². The molecule has 0 saturated carbocycles. The standard InChI is InChI=1S/C23H18BrN3O4S/c1-11-9-15-10-14(5-8-17(15)31-11)20(28)18-19(13-3-6-16(24)7-4-13)27(22(30)21(18)29)23-26-25-12(2)32-23/h3-8,10-11,19,28H,9H2,1-2H3/b20-18+/t11-,19-/m1/s1. The number of hydrogen-bond donors (Lipinski definition) is 1. The summed E-state index contributed by atoms with van der Waals surface area (Å²) in [5.74, 6) is -0.951. The lowest BCUT2D eigenvalue weighted by molar-refractivity contribution is -0.132. The van der Waals surface area contributed by atoms with Crippen LogP contribution in [-0.4, -0.2) is 33.1 Å². The predicted octanol–water partition coefficient (Wildman–Crippen LogP) is 4.56. The summed E-state index contributed by atoms with van der Waals surface area (Å²) in [6.07, 6.45) is 0.765. The summed E-state index contributed by atoms with van der Waals surface area (Å²) in [6.45, 7) is 3.75. The zero-order valence-corrected chi connectivity index (χ0v) is 19.6. The molecule has 3 aromatic rings. The van der Waals surface area contributed by atoms with Crippen molar-refractivity contribution < 1.29 is 19.4 Å². The van der Waals surface area contributed by atoms with Crippen LogP contribution in [0.25, 0.3) is 5.76 Å². The zero-order valence-electron chi connectivity index (χ0n) is 17.2. The Bertz CT molecular complexity index is 1280. The fourth-order valence-electron chi connectivity index (χ4n) is 4.10. The lowest BCUT2D eigenvalue weighted by Gasteiger charge is -2.22. The Morgan fingerprint density at radius 2 is 1.94 bits per heavy atom. The van der Waals surface area contributed by atoms with Gasteiger partial charge in [0, 0.05) is 16.5 Å². The van der Waals surface area contributed by atoms with E-state index in [9.17, 15) is 14.7 Å². The number of anilines is 1. The van der Waals surface area contributed by atoms with Gasteiger partial charge in [-0.25, -0.2) is 0 Å². The van der Waals surface area contributed by atoms with Crippen LogP contribution in [0.3, 0.4) is 0 Å². The molecule has 0 spiro atoms. The molecule has 2 aliphatic heterocycles. The van der Waals surface area contributed by atoms with Crippen molar-refractivity contribution in [3.05, 3.63) is 74.2 Å². The molecule has 1 N–H and O–H groups in total. The smallest absolute Gasteiger partial charge is 0.301 e. The highest BCUT2D eigenvalue weighted by atomic mass is 79.9. The van der Waals surface area contributed by atoms with Gasteiger partial charge in [-0.3, -0.25) is 14.5 Å². The minimum Gasteiger partial charge on any atom is -0.507 e. The number of hydrogen-bond acceptors (Lipinski definition) is 7. The first-order valence-electron chi connectivity index (χ1n) is 10.00. The number of aryl methyl sites for hydroxylation is 1. The maximum absolute atomic E-state index is 13.2. The van der Waals surface area contributed by atoms with E-state index in [4.69, 9.17) is 4.74 Å². The van der Waals surface area contributed by atoms with Gasteiger partial charge in [-0.2, -0.15) is 0 Å². The van der Waals surface area contributed by atoms with E-state index in [2.05, 4.69) is 26.1 Å². The maximum Gasteiger partial charge on any atom is 0.301 e. The van der Waals surface area contributed by atoms with Crippen LogP contribution in [0.15, 0.2) is 52.5 Å². The number of rotatable bonds is 3. The number of fused-ring (bicyclic) bond motifs is 1. The van der Waals surface area contributed by atoms with Crippen LogP contribution in [0.4, 0.5) is 5.13 Å². The van der Waals surface area contributed by atoms with Gasteiger partial charge in [0.1, 0.15) is 22.6 Å². The van der Waals surface area contributed by atoms with Gasteiger partial charge in [0.25, 0.3) is 5.78 Å². The fourth-order valence-corrected chi connectivity index (χ4v) is 5.08. The number of ether oxygens (including phenoxy) is 1. The van der Waals surface area contributed by atoms with Gasteiger partial charge in [-0.05, 0) is 55.3 Å². The van der Waals surface area contributed by atoms with E-state index in [1.807, 2.05) is 37.3 Å². The van der Waals surface area contributed by atoms with E-state index in [1.165, 1.54) is 16.2 Å². The Hall–Kier alpha value is -3.04. The van der Waals surface area contributed by atoms with Gasteiger partial charge in [0.15, 0.2) is 0 Å². The number of ketones is 1. The summed E-state index contributed by atoms with van der Waals surface area (Å²) >= 11 is 4.63. The third-order valence-corrected chi connectivity index (χ3v) is 6.89. The van der Waals surface area contributed by atoms with Gasteiger partial charge in [-0.15, -0.1) is 10.2 Å².